The molecule has 0 radical (unpaired) electrons. The number of carbonyl (C=O) groups excluding carboxylic acids is 1. The number of amides is 1. The summed E-state index contributed by atoms with van der Waals surface area (Å²) in [5.41, 5.74) is 1.58. The first-order valence-electron chi connectivity index (χ1n) is 6.93. The molecule has 2 aromatic carbocycles. The van der Waals surface area contributed by atoms with Crippen LogP contribution in [0.25, 0.3) is 0 Å². The molecule has 2 aromatic rings. The lowest BCUT2D eigenvalue weighted by atomic mass is 10.2. The molecular weight excluding hydrogens is 318 g/mol. The van der Waals surface area contributed by atoms with E-state index in [1.165, 1.54) is 0 Å². The topological polar surface area (TPSA) is 56.8 Å². The van der Waals surface area contributed by atoms with E-state index in [4.69, 9.17) is 25.8 Å². The highest BCUT2D eigenvalue weighted by Crippen LogP contribution is 2.27. The van der Waals surface area contributed by atoms with E-state index in [2.05, 4.69) is 5.32 Å². The fourth-order valence-electron chi connectivity index (χ4n) is 1.97. The fourth-order valence-corrected chi connectivity index (χ4v) is 2.19. The Morgan fingerprint density at radius 1 is 1.04 bits per heavy atom. The van der Waals surface area contributed by atoms with Crippen molar-refractivity contribution in [2.45, 2.75) is 6.92 Å². The third-order valence-corrected chi connectivity index (χ3v) is 3.39. The van der Waals surface area contributed by atoms with E-state index in [1.54, 1.807) is 50.6 Å². The molecule has 0 fully saturated rings. The SMILES string of the molecule is COc1cc(OC)cc(OCC(=O)Nc2ccc(Cl)cc2C)c1. The average Bonchev–Trinajstić information content (AvgIpc) is 2.55. The Bertz CT molecular complexity index is 681. The van der Waals surface area contributed by atoms with Crippen molar-refractivity contribution in [3.63, 3.8) is 0 Å². The molecule has 0 aliphatic carbocycles. The smallest absolute Gasteiger partial charge is 0.262 e. The van der Waals surface area contributed by atoms with Gasteiger partial charge in [-0.15, -0.1) is 0 Å². The average molecular weight is 336 g/mol. The van der Waals surface area contributed by atoms with Gasteiger partial charge in [0.2, 0.25) is 0 Å². The zero-order chi connectivity index (χ0) is 16.8. The molecule has 0 bridgehead atoms. The van der Waals surface area contributed by atoms with Crippen molar-refractivity contribution in [3.05, 3.63) is 47.0 Å². The summed E-state index contributed by atoms with van der Waals surface area (Å²) in [6, 6.07) is 10.4. The number of aryl methyl sites for hydroxylation is 1. The predicted octanol–water partition coefficient (Wildman–Crippen LogP) is 3.68. The first kappa shape index (κ1) is 17.0. The summed E-state index contributed by atoms with van der Waals surface area (Å²) in [6.45, 7) is 1.74. The summed E-state index contributed by atoms with van der Waals surface area (Å²) in [4.78, 5) is 12.0. The number of carbonyl (C=O) groups is 1. The Labute approximate surface area is 140 Å². The molecule has 2 rings (SSSR count). The molecular formula is C17H18ClNO4. The van der Waals surface area contributed by atoms with Crippen LogP contribution in [0.5, 0.6) is 17.2 Å². The fraction of sp³-hybridized carbons (Fsp3) is 0.235. The number of rotatable bonds is 6. The first-order chi connectivity index (χ1) is 11.0. The van der Waals surface area contributed by atoms with E-state index in [-0.39, 0.29) is 12.5 Å². The summed E-state index contributed by atoms with van der Waals surface area (Å²) in [5, 5.41) is 3.40. The van der Waals surface area contributed by atoms with Crippen molar-refractivity contribution in [3.8, 4) is 17.2 Å². The highest BCUT2D eigenvalue weighted by atomic mass is 35.5. The Kier molecular flexibility index (Phi) is 5.71. The minimum atomic E-state index is -0.266. The van der Waals surface area contributed by atoms with Crippen LogP contribution in [0, 0.1) is 6.92 Å². The van der Waals surface area contributed by atoms with Crippen molar-refractivity contribution >= 4 is 23.2 Å². The number of benzene rings is 2. The number of halogens is 1. The van der Waals surface area contributed by atoms with E-state index >= 15 is 0 Å². The van der Waals surface area contributed by atoms with E-state index in [9.17, 15) is 4.79 Å². The lowest BCUT2D eigenvalue weighted by molar-refractivity contribution is -0.118. The standard InChI is InChI=1S/C17H18ClNO4/c1-11-6-12(18)4-5-16(11)19-17(20)10-23-15-8-13(21-2)7-14(9-15)22-3/h4-9H,10H2,1-3H3,(H,19,20). The third kappa shape index (κ3) is 4.79. The van der Waals surface area contributed by atoms with Gasteiger partial charge in [-0.05, 0) is 30.7 Å². The number of anilines is 1. The summed E-state index contributed by atoms with van der Waals surface area (Å²) in [6.07, 6.45) is 0. The van der Waals surface area contributed by atoms with Crippen molar-refractivity contribution in [1.82, 2.24) is 0 Å². The van der Waals surface area contributed by atoms with Crippen LogP contribution >= 0.6 is 11.6 Å². The summed E-state index contributed by atoms with van der Waals surface area (Å²) < 4.78 is 15.8. The second-order valence-electron chi connectivity index (χ2n) is 4.84. The van der Waals surface area contributed by atoms with Crippen LogP contribution < -0.4 is 19.5 Å². The Hall–Kier alpha value is -2.40. The van der Waals surface area contributed by atoms with E-state index in [0.717, 1.165) is 5.56 Å². The molecule has 0 spiro atoms. The number of nitrogens with one attached hydrogen (secondary N) is 1. The van der Waals surface area contributed by atoms with Crippen LogP contribution in [0.15, 0.2) is 36.4 Å². The van der Waals surface area contributed by atoms with Crippen LogP contribution in [0.3, 0.4) is 0 Å². The molecule has 0 atom stereocenters. The van der Waals surface area contributed by atoms with Gasteiger partial charge in [0.15, 0.2) is 6.61 Å². The van der Waals surface area contributed by atoms with E-state index in [1.807, 2.05) is 6.92 Å². The van der Waals surface area contributed by atoms with E-state index in [0.29, 0.717) is 28.0 Å². The van der Waals surface area contributed by atoms with Gasteiger partial charge in [0.1, 0.15) is 17.2 Å². The third-order valence-electron chi connectivity index (χ3n) is 3.16. The number of methoxy groups -OCH3 is 2. The van der Waals surface area contributed by atoms with Gasteiger partial charge in [-0.25, -0.2) is 0 Å². The molecule has 122 valence electrons. The maximum Gasteiger partial charge on any atom is 0.262 e. The van der Waals surface area contributed by atoms with Gasteiger partial charge in [0, 0.05) is 28.9 Å². The number of ether oxygens (including phenoxy) is 3. The summed E-state index contributed by atoms with van der Waals surface area (Å²) in [5.74, 6) is 1.41. The zero-order valence-electron chi connectivity index (χ0n) is 13.2. The number of hydrogen-bond acceptors (Lipinski definition) is 4. The van der Waals surface area contributed by atoms with E-state index < -0.39 is 0 Å². The van der Waals surface area contributed by atoms with Crippen LogP contribution in [-0.2, 0) is 4.79 Å². The largest absolute Gasteiger partial charge is 0.496 e. The van der Waals surface area contributed by atoms with Crippen LogP contribution in [-0.4, -0.2) is 26.7 Å². The van der Waals surface area contributed by atoms with Gasteiger partial charge in [-0.1, -0.05) is 11.6 Å². The maximum absolute atomic E-state index is 12.0. The Morgan fingerprint density at radius 3 is 2.22 bits per heavy atom. The first-order valence-corrected chi connectivity index (χ1v) is 7.31. The maximum atomic E-state index is 12.0. The second kappa shape index (κ2) is 7.74. The summed E-state index contributed by atoms with van der Waals surface area (Å²) in [7, 11) is 3.10. The minimum Gasteiger partial charge on any atom is -0.496 e. The molecule has 0 aliphatic rings. The van der Waals surface area contributed by atoms with Gasteiger partial charge in [-0.2, -0.15) is 0 Å². The highest BCUT2D eigenvalue weighted by molar-refractivity contribution is 6.30. The van der Waals surface area contributed by atoms with Crippen molar-refractivity contribution in [2.24, 2.45) is 0 Å². The molecule has 23 heavy (non-hydrogen) atoms. The molecule has 0 unspecified atom stereocenters. The molecule has 5 nitrogen and oxygen atoms in total. The van der Waals surface area contributed by atoms with Crippen LogP contribution in [0.1, 0.15) is 5.56 Å². The second-order valence-corrected chi connectivity index (χ2v) is 5.28. The molecule has 0 saturated heterocycles. The highest BCUT2D eigenvalue weighted by Gasteiger charge is 2.08. The lowest BCUT2D eigenvalue weighted by Crippen LogP contribution is -2.20. The van der Waals surface area contributed by atoms with Crippen LogP contribution in [0.2, 0.25) is 5.02 Å². The quantitative estimate of drug-likeness (QED) is 0.874. The van der Waals surface area contributed by atoms with Gasteiger partial charge in [0.25, 0.3) is 5.91 Å². The molecule has 1 amide bonds. The molecule has 0 heterocycles. The van der Waals surface area contributed by atoms with Gasteiger partial charge in [-0.3, -0.25) is 4.79 Å². The zero-order valence-corrected chi connectivity index (χ0v) is 13.9. The van der Waals surface area contributed by atoms with Crippen LogP contribution in [0.4, 0.5) is 5.69 Å². The molecule has 0 aromatic heterocycles. The predicted molar refractivity (Wildman–Crippen MR) is 89.9 cm³/mol. The van der Waals surface area contributed by atoms with Gasteiger partial charge in [0.05, 0.1) is 14.2 Å². The molecule has 1 N–H and O–H groups in total. The normalized spacial score (nSPS) is 10.1. The van der Waals surface area contributed by atoms with Gasteiger partial charge >= 0.3 is 0 Å². The number of hydrogen-bond donors (Lipinski definition) is 1. The summed E-state index contributed by atoms with van der Waals surface area (Å²) >= 11 is 5.89. The van der Waals surface area contributed by atoms with Gasteiger partial charge < -0.3 is 19.5 Å². The van der Waals surface area contributed by atoms with Crippen molar-refractivity contribution in [1.29, 1.82) is 0 Å². The molecule has 6 heteroatoms. The Balaban J connectivity index is 1.99. The minimum absolute atomic E-state index is 0.127. The Morgan fingerprint density at radius 2 is 1.65 bits per heavy atom. The van der Waals surface area contributed by atoms with Crippen molar-refractivity contribution in [2.75, 3.05) is 26.1 Å². The molecule has 0 aliphatic heterocycles. The monoisotopic (exact) mass is 335 g/mol. The van der Waals surface area contributed by atoms with Crippen molar-refractivity contribution < 1.29 is 19.0 Å². The molecule has 0 saturated carbocycles. The lowest BCUT2D eigenvalue weighted by Gasteiger charge is -2.11.